The number of nitrogens with zero attached hydrogens (tertiary/aromatic N) is 3. The molecule has 1 aromatic rings. The van der Waals surface area contributed by atoms with E-state index >= 15 is 0 Å². The van der Waals surface area contributed by atoms with Crippen LogP contribution >= 0.6 is 0 Å². The summed E-state index contributed by atoms with van der Waals surface area (Å²) in [7, 11) is 0. The molecule has 4 heteroatoms. The Morgan fingerprint density at radius 1 is 1.11 bits per heavy atom. The molecule has 1 aliphatic rings. The minimum absolute atomic E-state index is 0.497. The van der Waals surface area contributed by atoms with E-state index in [1.54, 1.807) is 0 Å². The van der Waals surface area contributed by atoms with Crippen LogP contribution in [-0.4, -0.2) is 21.2 Å². The van der Waals surface area contributed by atoms with E-state index in [0.29, 0.717) is 12.0 Å². The van der Waals surface area contributed by atoms with Gasteiger partial charge in [0, 0.05) is 6.04 Å². The number of anilines is 1. The van der Waals surface area contributed by atoms with E-state index < -0.39 is 0 Å². The van der Waals surface area contributed by atoms with Gasteiger partial charge in [0.05, 0.1) is 11.4 Å². The molecule has 0 aromatic carbocycles. The molecule has 0 aliphatic heterocycles. The minimum Gasteiger partial charge on any atom is -0.350 e. The average Bonchev–Trinajstić information content (AvgIpc) is 3.21. The van der Waals surface area contributed by atoms with Gasteiger partial charge in [0.2, 0.25) is 5.95 Å². The molecule has 1 aromatic heterocycles. The zero-order chi connectivity index (χ0) is 13.0. The molecule has 18 heavy (non-hydrogen) atoms. The molecular weight excluding hydrogens is 224 g/mol. The predicted octanol–water partition coefficient (Wildman–Crippen LogP) is 2.99. The lowest BCUT2D eigenvalue weighted by Crippen LogP contribution is -2.22. The molecule has 0 radical (unpaired) electrons. The maximum atomic E-state index is 4.59. The van der Waals surface area contributed by atoms with E-state index in [0.717, 1.165) is 36.6 Å². The van der Waals surface area contributed by atoms with Crippen LogP contribution in [0.1, 0.15) is 57.8 Å². The Morgan fingerprint density at radius 2 is 1.83 bits per heavy atom. The summed E-state index contributed by atoms with van der Waals surface area (Å²) in [5.74, 6) is 1.63. The highest BCUT2D eigenvalue weighted by Crippen LogP contribution is 2.34. The molecule has 1 saturated carbocycles. The lowest BCUT2D eigenvalue weighted by molar-refractivity contribution is 0.580. The highest BCUT2D eigenvalue weighted by Gasteiger charge is 2.25. The van der Waals surface area contributed by atoms with Crippen molar-refractivity contribution in [2.75, 3.05) is 5.32 Å². The van der Waals surface area contributed by atoms with Gasteiger partial charge >= 0.3 is 0 Å². The van der Waals surface area contributed by atoms with Crippen LogP contribution in [0.15, 0.2) is 0 Å². The molecule has 1 aliphatic carbocycles. The van der Waals surface area contributed by atoms with Crippen LogP contribution in [0.4, 0.5) is 5.95 Å². The largest absolute Gasteiger partial charge is 0.350 e. The molecule has 4 nitrogen and oxygen atoms in total. The van der Waals surface area contributed by atoms with Gasteiger partial charge in [0.15, 0.2) is 0 Å². The van der Waals surface area contributed by atoms with Gasteiger partial charge in [-0.05, 0) is 31.6 Å². The molecular formula is C14H24N4. The van der Waals surface area contributed by atoms with Crippen LogP contribution in [0.5, 0.6) is 0 Å². The van der Waals surface area contributed by atoms with Crippen molar-refractivity contribution in [3.63, 3.8) is 0 Å². The van der Waals surface area contributed by atoms with Crippen molar-refractivity contribution in [1.29, 1.82) is 0 Å². The van der Waals surface area contributed by atoms with Crippen molar-refractivity contribution in [1.82, 2.24) is 15.2 Å². The predicted molar refractivity (Wildman–Crippen MR) is 73.6 cm³/mol. The van der Waals surface area contributed by atoms with Crippen LogP contribution in [0.25, 0.3) is 0 Å². The highest BCUT2D eigenvalue weighted by atomic mass is 15.2. The maximum Gasteiger partial charge on any atom is 0.243 e. The van der Waals surface area contributed by atoms with Gasteiger partial charge in [-0.1, -0.05) is 33.6 Å². The molecule has 1 heterocycles. The lowest BCUT2D eigenvalue weighted by atomic mass is 10.1. The summed E-state index contributed by atoms with van der Waals surface area (Å²) in [6, 6.07) is 0.497. The first kappa shape index (κ1) is 13.2. The fraction of sp³-hybridized carbons (Fsp3) is 0.786. The summed E-state index contributed by atoms with van der Waals surface area (Å²) in [6.45, 7) is 6.43. The number of rotatable bonds is 7. The van der Waals surface area contributed by atoms with Gasteiger partial charge in [-0.15, -0.1) is 5.10 Å². The fourth-order valence-electron chi connectivity index (χ4n) is 2.27. The number of aryl methyl sites for hydroxylation is 2. The molecule has 0 amide bonds. The summed E-state index contributed by atoms with van der Waals surface area (Å²) in [5, 5.41) is 11.9. The Kier molecular flexibility index (Phi) is 4.50. The Balaban J connectivity index is 2.02. The van der Waals surface area contributed by atoms with Crippen molar-refractivity contribution < 1.29 is 0 Å². The van der Waals surface area contributed by atoms with Crippen molar-refractivity contribution in [3.05, 3.63) is 11.4 Å². The van der Waals surface area contributed by atoms with E-state index in [9.17, 15) is 0 Å². The molecule has 0 spiro atoms. The van der Waals surface area contributed by atoms with Crippen LogP contribution in [0.3, 0.4) is 0 Å². The Morgan fingerprint density at radius 3 is 2.39 bits per heavy atom. The Hall–Kier alpha value is -1.19. The molecule has 0 saturated heterocycles. The van der Waals surface area contributed by atoms with E-state index in [4.69, 9.17) is 0 Å². The van der Waals surface area contributed by atoms with Crippen molar-refractivity contribution in [2.45, 2.75) is 65.3 Å². The number of hydrogen-bond acceptors (Lipinski definition) is 4. The second-order valence-electron chi connectivity index (χ2n) is 5.16. The first-order valence-corrected chi connectivity index (χ1v) is 7.25. The molecule has 100 valence electrons. The third-order valence-electron chi connectivity index (χ3n) is 3.65. The van der Waals surface area contributed by atoms with Gasteiger partial charge < -0.3 is 5.32 Å². The summed E-state index contributed by atoms with van der Waals surface area (Å²) in [5.41, 5.74) is 2.11. The van der Waals surface area contributed by atoms with E-state index in [1.807, 2.05) is 0 Å². The third-order valence-corrected chi connectivity index (χ3v) is 3.65. The van der Waals surface area contributed by atoms with Crippen LogP contribution in [0.2, 0.25) is 0 Å². The summed E-state index contributed by atoms with van der Waals surface area (Å²) in [6.07, 6.45) is 6.99. The molecule has 1 N–H and O–H groups in total. The van der Waals surface area contributed by atoms with Crippen LogP contribution < -0.4 is 5.32 Å². The molecule has 1 fully saturated rings. The molecule has 1 atom stereocenters. The minimum atomic E-state index is 0.497. The van der Waals surface area contributed by atoms with Gasteiger partial charge in [-0.2, -0.15) is 5.10 Å². The third kappa shape index (κ3) is 3.40. The summed E-state index contributed by atoms with van der Waals surface area (Å²) in [4.78, 5) is 4.59. The zero-order valence-electron chi connectivity index (χ0n) is 11.7. The highest BCUT2D eigenvalue weighted by molar-refractivity contribution is 5.27. The standard InChI is InChI=1S/C14H24N4/c1-4-11(9-10-7-8-10)15-14-16-12(5-2)13(6-3)17-18-14/h10-11H,4-9H2,1-3H3,(H,15,16,18). The molecule has 0 bridgehead atoms. The summed E-state index contributed by atoms with van der Waals surface area (Å²) < 4.78 is 0. The summed E-state index contributed by atoms with van der Waals surface area (Å²) >= 11 is 0. The smallest absolute Gasteiger partial charge is 0.243 e. The molecule has 2 rings (SSSR count). The normalized spacial score (nSPS) is 16.6. The lowest BCUT2D eigenvalue weighted by Gasteiger charge is -2.16. The first-order valence-electron chi connectivity index (χ1n) is 7.25. The maximum absolute atomic E-state index is 4.59. The van der Waals surface area contributed by atoms with Crippen molar-refractivity contribution in [2.24, 2.45) is 5.92 Å². The second kappa shape index (κ2) is 6.12. The quantitative estimate of drug-likeness (QED) is 0.806. The monoisotopic (exact) mass is 248 g/mol. The second-order valence-corrected chi connectivity index (χ2v) is 5.16. The molecule has 1 unspecified atom stereocenters. The van der Waals surface area contributed by atoms with Gasteiger partial charge in [-0.25, -0.2) is 4.98 Å². The van der Waals surface area contributed by atoms with Crippen LogP contribution in [0, 0.1) is 5.92 Å². The Bertz CT molecular complexity index is 387. The van der Waals surface area contributed by atoms with E-state index in [-0.39, 0.29) is 0 Å². The average molecular weight is 248 g/mol. The van der Waals surface area contributed by atoms with Gasteiger partial charge in [0.1, 0.15) is 0 Å². The van der Waals surface area contributed by atoms with Gasteiger partial charge in [0.25, 0.3) is 0 Å². The number of nitrogens with one attached hydrogen (secondary N) is 1. The topological polar surface area (TPSA) is 50.7 Å². The SMILES string of the molecule is CCc1nnc(NC(CC)CC2CC2)nc1CC. The first-order chi connectivity index (χ1) is 8.76. The fourth-order valence-corrected chi connectivity index (χ4v) is 2.27. The van der Waals surface area contributed by atoms with Gasteiger partial charge in [-0.3, -0.25) is 0 Å². The van der Waals surface area contributed by atoms with Crippen LogP contribution in [-0.2, 0) is 12.8 Å². The van der Waals surface area contributed by atoms with Crippen molar-refractivity contribution in [3.8, 4) is 0 Å². The zero-order valence-corrected chi connectivity index (χ0v) is 11.7. The number of hydrogen-bond donors (Lipinski definition) is 1. The Labute approximate surface area is 110 Å². The van der Waals surface area contributed by atoms with Crippen molar-refractivity contribution >= 4 is 5.95 Å². The van der Waals surface area contributed by atoms with E-state index in [1.165, 1.54) is 19.3 Å². The number of aromatic nitrogens is 3. The van der Waals surface area contributed by atoms with E-state index in [2.05, 4.69) is 41.3 Å².